The number of aldehydes is 1. The Balaban J connectivity index is 2.25. The fraction of sp³-hybridized carbons (Fsp3) is 0.250. The zero-order valence-corrected chi connectivity index (χ0v) is 12.8. The SMILES string of the molecule is CC(C)(C)C(=O)Nc1ccc(-c2ccc(C=O)o2)cc1Cl. The van der Waals surface area contributed by atoms with Crippen LogP contribution in [-0.2, 0) is 4.79 Å². The van der Waals surface area contributed by atoms with Crippen molar-refractivity contribution in [1.29, 1.82) is 0 Å². The molecule has 0 fully saturated rings. The molecule has 0 saturated carbocycles. The Hall–Kier alpha value is -2.07. The van der Waals surface area contributed by atoms with Crippen LogP contribution in [0.1, 0.15) is 31.3 Å². The number of nitrogens with one attached hydrogen (secondary N) is 1. The van der Waals surface area contributed by atoms with Crippen molar-refractivity contribution in [1.82, 2.24) is 0 Å². The first-order valence-electron chi connectivity index (χ1n) is 6.47. The van der Waals surface area contributed by atoms with E-state index < -0.39 is 5.41 Å². The topological polar surface area (TPSA) is 59.3 Å². The van der Waals surface area contributed by atoms with Gasteiger partial charge in [0.1, 0.15) is 5.76 Å². The van der Waals surface area contributed by atoms with Gasteiger partial charge < -0.3 is 9.73 Å². The first-order chi connectivity index (χ1) is 9.81. The third-order valence-electron chi connectivity index (χ3n) is 2.93. The molecule has 1 N–H and O–H groups in total. The van der Waals surface area contributed by atoms with Crippen LogP contribution in [0.3, 0.4) is 0 Å². The number of rotatable bonds is 3. The van der Waals surface area contributed by atoms with E-state index in [2.05, 4.69) is 5.32 Å². The van der Waals surface area contributed by atoms with E-state index in [1.165, 1.54) is 0 Å². The smallest absolute Gasteiger partial charge is 0.229 e. The fourth-order valence-corrected chi connectivity index (χ4v) is 1.88. The minimum Gasteiger partial charge on any atom is -0.453 e. The van der Waals surface area contributed by atoms with Gasteiger partial charge in [0.05, 0.1) is 10.7 Å². The highest BCUT2D eigenvalue weighted by Crippen LogP contribution is 2.30. The molecule has 0 saturated heterocycles. The summed E-state index contributed by atoms with van der Waals surface area (Å²) < 4.78 is 5.34. The van der Waals surface area contributed by atoms with Crippen molar-refractivity contribution in [2.45, 2.75) is 20.8 Å². The maximum absolute atomic E-state index is 12.0. The zero-order chi connectivity index (χ0) is 15.6. The molecule has 4 nitrogen and oxygen atoms in total. The van der Waals surface area contributed by atoms with Gasteiger partial charge in [-0.3, -0.25) is 9.59 Å². The molecule has 1 heterocycles. The Bertz CT molecular complexity index is 683. The molecule has 1 amide bonds. The van der Waals surface area contributed by atoms with Crippen LogP contribution in [0.2, 0.25) is 5.02 Å². The predicted octanol–water partition coefficient (Wildman–Crippen LogP) is 4.40. The highest BCUT2D eigenvalue weighted by atomic mass is 35.5. The van der Waals surface area contributed by atoms with Crippen LogP contribution < -0.4 is 5.32 Å². The lowest BCUT2D eigenvalue weighted by atomic mass is 9.95. The summed E-state index contributed by atoms with van der Waals surface area (Å²) in [7, 11) is 0. The maximum Gasteiger partial charge on any atom is 0.229 e. The Morgan fingerprint density at radius 2 is 1.95 bits per heavy atom. The molecular weight excluding hydrogens is 290 g/mol. The second kappa shape index (κ2) is 5.74. The summed E-state index contributed by atoms with van der Waals surface area (Å²) in [6.07, 6.45) is 0.642. The molecule has 0 spiro atoms. The van der Waals surface area contributed by atoms with E-state index in [-0.39, 0.29) is 11.7 Å². The lowest BCUT2D eigenvalue weighted by Crippen LogP contribution is -2.27. The second-order valence-electron chi connectivity index (χ2n) is 5.72. The number of halogens is 1. The van der Waals surface area contributed by atoms with Crippen LogP contribution in [0.4, 0.5) is 5.69 Å². The summed E-state index contributed by atoms with van der Waals surface area (Å²) in [5, 5.41) is 3.20. The van der Waals surface area contributed by atoms with Crippen molar-refractivity contribution in [3.8, 4) is 11.3 Å². The van der Waals surface area contributed by atoms with Crippen LogP contribution in [-0.4, -0.2) is 12.2 Å². The van der Waals surface area contributed by atoms with Crippen molar-refractivity contribution in [2.75, 3.05) is 5.32 Å². The van der Waals surface area contributed by atoms with Gasteiger partial charge in [-0.15, -0.1) is 0 Å². The largest absolute Gasteiger partial charge is 0.453 e. The van der Waals surface area contributed by atoms with Gasteiger partial charge >= 0.3 is 0 Å². The van der Waals surface area contributed by atoms with Crippen LogP contribution in [0.25, 0.3) is 11.3 Å². The molecule has 0 unspecified atom stereocenters. The molecule has 2 rings (SSSR count). The highest BCUT2D eigenvalue weighted by Gasteiger charge is 2.22. The monoisotopic (exact) mass is 305 g/mol. The number of amides is 1. The Morgan fingerprint density at radius 3 is 2.48 bits per heavy atom. The minimum atomic E-state index is -0.498. The molecule has 1 aromatic carbocycles. The molecule has 0 aliphatic heterocycles. The molecular formula is C16H16ClNO3. The molecule has 110 valence electrons. The highest BCUT2D eigenvalue weighted by molar-refractivity contribution is 6.34. The van der Waals surface area contributed by atoms with E-state index >= 15 is 0 Å². The van der Waals surface area contributed by atoms with Crippen LogP contribution in [0.5, 0.6) is 0 Å². The van der Waals surface area contributed by atoms with Gasteiger partial charge in [-0.2, -0.15) is 0 Å². The minimum absolute atomic E-state index is 0.113. The van der Waals surface area contributed by atoms with Gasteiger partial charge in [-0.05, 0) is 30.3 Å². The van der Waals surface area contributed by atoms with Gasteiger partial charge in [0, 0.05) is 11.0 Å². The summed E-state index contributed by atoms with van der Waals surface area (Å²) in [6, 6.07) is 8.46. The van der Waals surface area contributed by atoms with E-state index in [0.717, 1.165) is 5.56 Å². The molecule has 0 aliphatic rings. The molecule has 5 heteroatoms. The van der Waals surface area contributed by atoms with E-state index in [1.807, 2.05) is 20.8 Å². The molecule has 21 heavy (non-hydrogen) atoms. The number of anilines is 1. The van der Waals surface area contributed by atoms with Crippen molar-refractivity contribution in [3.63, 3.8) is 0 Å². The first kappa shape index (κ1) is 15.3. The van der Waals surface area contributed by atoms with Gasteiger partial charge in [0.25, 0.3) is 0 Å². The summed E-state index contributed by atoms with van der Waals surface area (Å²) in [4.78, 5) is 22.6. The fourth-order valence-electron chi connectivity index (χ4n) is 1.65. The van der Waals surface area contributed by atoms with Gasteiger partial charge in [-0.1, -0.05) is 32.4 Å². The Kier molecular flexibility index (Phi) is 4.19. The summed E-state index contributed by atoms with van der Waals surface area (Å²) >= 11 is 6.19. The van der Waals surface area contributed by atoms with Crippen molar-refractivity contribution in [2.24, 2.45) is 5.41 Å². The number of benzene rings is 1. The number of carbonyl (C=O) groups excluding carboxylic acids is 2. The van der Waals surface area contributed by atoms with Crippen molar-refractivity contribution < 1.29 is 14.0 Å². The van der Waals surface area contributed by atoms with Crippen LogP contribution in [0.15, 0.2) is 34.7 Å². The number of carbonyl (C=O) groups is 2. The molecule has 0 atom stereocenters. The van der Waals surface area contributed by atoms with E-state index in [0.29, 0.717) is 22.8 Å². The zero-order valence-electron chi connectivity index (χ0n) is 12.1. The summed E-state index contributed by atoms with van der Waals surface area (Å²) in [6.45, 7) is 5.48. The number of furan rings is 1. The lowest BCUT2D eigenvalue weighted by molar-refractivity contribution is -0.123. The van der Waals surface area contributed by atoms with E-state index in [1.54, 1.807) is 30.3 Å². The van der Waals surface area contributed by atoms with Crippen molar-refractivity contribution in [3.05, 3.63) is 41.1 Å². The van der Waals surface area contributed by atoms with E-state index in [9.17, 15) is 9.59 Å². The summed E-state index contributed by atoms with van der Waals surface area (Å²) in [5.41, 5.74) is 0.784. The normalized spacial score (nSPS) is 11.2. The van der Waals surface area contributed by atoms with Crippen LogP contribution in [0, 0.1) is 5.41 Å². The third kappa shape index (κ3) is 3.52. The number of hydrogen-bond acceptors (Lipinski definition) is 3. The molecule has 2 aromatic rings. The lowest BCUT2D eigenvalue weighted by Gasteiger charge is -2.18. The third-order valence-corrected chi connectivity index (χ3v) is 3.24. The number of hydrogen-bond donors (Lipinski definition) is 1. The van der Waals surface area contributed by atoms with Gasteiger partial charge in [-0.25, -0.2) is 0 Å². The van der Waals surface area contributed by atoms with Gasteiger partial charge in [0.2, 0.25) is 5.91 Å². The van der Waals surface area contributed by atoms with E-state index in [4.69, 9.17) is 16.0 Å². The van der Waals surface area contributed by atoms with Gasteiger partial charge in [0.15, 0.2) is 12.0 Å². The van der Waals surface area contributed by atoms with Crippen molar-refractivity contribution >= 4 is 29.5 Å². The molecule has 0 aliphatic carbocycles. The maximum atomic E-state index is 12.0. The Morgan fingerprint density at radius 1 is 1.24 bits per heavy atom. The summed E-state index contributed by atoms with van der Waals surface area (Å²) in [5.74, 6) is 0.692. The Labute approximate surface area is 128 Å². The average Bonchev–Trinajstić information content (AvgIpc) is 2.88. The second-order valence-corrected chi connectivity index (χ2v) is 6.13. The molecule has 0 radical (unpaired) electrons. The molecule has 0 bridgehead atoms. The molecule has 1 aromatic heterocycles. The van der Waals surface area contributed by atoms with Crippen LogP contribution >= 0.6 is 11.6 Å². The first-order valence-corrected chi connectivity index (χ1v) is 6.85. The average molecular weight is 306 g/mol. The quantitative estimate of drug-likeness (QED) is 0.855. The predicted molar refractivity (Wildman–Crippen MR) is 82.6 cm³/mol. The standard InChI is InChI=1S/C16H16ClNO3/c1-16(2,3)15(20)18-13-6-4-10(8-12(13)17)14-7-5-11(9-19)21-14/h4-9H,1-3H3,(H,18,20).